The van der Waals surface area contributed by atoms with Gasteiger partial charge in [0.05, 0.1) is 29.0 Å². The Labute approximate surface area is 243 Å². The molecule has 1 aromatic heterocycles. The summed E-state index contributed by atoms with van der Waals surface area (Å²) in [7, 11) is 0. The second-order valence-electron chi connectivity index (χ2n) is 10.1. The van der Waals surface area contributed by atoms with Crippen LogP contribution in [0.4, 0.5) is 0 Å². The molecule has 4 atom stereocenters. The Balaban J connectivity index is 1.26. The summed E-state index contributed by atoms with van der Waals surface area (Å²) in [6, 6.07) is 32.9. The molecule has 1 saturated heterocycles. The van der Waals surface area contributed by atoms with Gasteiger partial charge in [-0.3, -0.25) is 0 Å². The topological polar surface area (TPSA) is 77.6 Å². The van der Waals surface area contributed by atoms with Gasteiger partial charge in [-0.1, -0.05) is 104 Å². The number of aromatic nitrogens is 1. The number of rotatable bonds is 8. The molecular weight excluding hydrogens is 537 g/mol. The summed E-state index contributed by atoms with van der Waals surface area (Å²) in [5.41, 5.74) is 13.3. The molecule has 0 saturated carbocycles. The Bertz CT molecular complexity index is 1540. The van der Waals surface area contributed by atoms with Crippen molar-refractivity contribution in [1.29, 1.82) is 0 Å². The molecule has 4 unspecified atom stereocenters. The predicted molar refractivity (Wildman–Crippen MR) is 163 cm³/mol. The van der Waals surface area contributed by atoms with E-state index in [0.717, 1.165) is 49.0 Å². The summed E-state index contributed by atoms with van der Waals surface area (Å²) in [4.78, 5) is 4.81. The van der Waals surface area contributed by atoms with Crippen LogP contribution in [0.15, 0.2) is 101 Å². The summed E-state index contributed by atoms with van der Waals surface area (Å²) in [5.74, 6) is 0.891. The number of aliphatic hydroxyl groups excluding tert-OH is 1. The third-order valence-electron chi connectivity index (χ3n) is 7.50. The molecule has 4 aromatic carbocycles. The molecule has 0 amide bonds. The van der Waals surface area contributed by atoms with Gasteiger partial charge in [0, 0.05) is 23.8 Å². The smallest absolute Gasteiger partial charge is 0.184 e. The first kappa shape index (κ1) is 27.1. The fourth-order valence-corrected chi connectivity index (χ4v) is 7.43. The first-order chi connectivity index (χ1) is 19.6. The van der Waals surface area contributed by atoms with Gasteiger partial charge in [-0.15, -0.1) is 11.3 Å². The van der Waals surface area contributed by atoms with Crippen LogP contribution in [0.2, 0.25) is 0 Å². The van der Waals surface area contributed by atoms with Gasteiger partial charge in [-0.05, 0) is 39.9 Å². The number of nitrogens with two attached hydrogens (primary N) is 1. The minimum absolute atomic E-state index is 0.0220. The highest BCUT2D eigenvalue weighted by Gasteiger charge is 2.38. The average Bonchev–Trinajstić information content (AvgIpc) is 3.44. The fraction of sp³-hybridized carbons (Fsp3) is 0.242. The zero-order chi connectivity index (χ0) is 27.5. The van der Waals surface area contributed by atoms with Crippen LogP contribution in [0.25, 0.3) is 21.3 Å². The molecule has 1 fully saturated rings. The quantitative estimate of drug-likeness (QED) is 0.189. The number of hydrogen-bond acceptors (Lipinski definition) is 7. The number of nitrogens with zero attached hydrogens (tertiary/aromatic N) is 1. The van der Waals surface area contributed by atoms with Crippen molar-refractivity contribution >= 4 is 33.3 Å². The molecule has 7 heteroatoms. The highest BCUT2D eigenvalue weighted by atomic mass is 32.2. The summed E-state index contributed by atoms with van der Waals surface area (Å²) in [5, 5.41) is 9.53. The van der Waals surface area contributed by atoms with Crippen LogP contribution in [-0.2, 0) is 22.6 Å². The number of hydrogen-bond donors (Lipinski definition) is 2. The van der Waals surface area contributed by atoms with E-state index in [9.17, 15) is 5.11 Å². The molecule has 204 valence electrons. The summed E-state index contributed by atoms with van der Waals surface area (Å²) < 4.78 is 15.5. The van der Waals surface area contributed by atoms with Gasteiger partial charge < -0.3 is 20.3 Å². The van der Waals surface area contributed by atoms with E-state index >= 15 is 0 Å². The van der Waals surface area contributed by atoms with Crippen molar-refractivity contribution in [3.05, 3.63) is 119 Å². The zero-order valence-corrected chi connectivity index (χ0v) is 23.9. The molecule has 1 aliphatic heterocycles. The Morgan fingerprint density at radius 2 is 1.60 bits per heavy atom. The Morgan fingerprint density at radius 1 is 0.875 bits per heavy atom. The highest BCUT2D eigenvalue weighted by Crippen LogP contribution is 2.43. The second-order valence-corrected chi connectivity index (χ2v) is 12.4. The molecule has 1 aliphatic rings. The van der Waals surface area contributed by atoms with Gasteiger partial charge in [0.1, 0.15) is 0 Å². The maximum atomic E-state index is 9.53. The van der Waals surface area contributed by atoms with Crippen LogP contribution in [0.3, 0.4) is 0 Å². The highest BCUT2D eigenvalue weighted by molar-refractivity contribution is 8.01. The molecule has 40 heavy (non-hydrogen) atoms. The van der Waals surface area contributed by atoms with Gasteiger partial charge in [0.25, 0.3) is 0 Å². The SMILES string of the molecule is CC1C(CSc2nc3ccccc3s2)OC(c2ccc(-c3ccccc3CN)cc2)OC1c1ccc(CO)cc1. The minimum Gasteiger partial charge on any atom is -0.392 e. The normalized spacial score (nSPS) is 21.1. The van der Waals surface area contributed by atoms with Gasteiger partial charge in [-0.25, -0.2) is 4.98 Å². The van der Waals surface area contributed by atoms with E-state index in [1.165, 1.54) is 4.70 Å². The Hall–Kier alpha value is -3.04. The maximum Gasteiger partial charge on any atom is 0.184 e. The molecule has 3 N–H and O–H groups in total. The van der Waals surface area contributed by atoms with E-state index < -0.39 is 6.29 Å². The Kier molecular flexibility index (Phi) is 8.30. The number of para-hydroxylation sites is 1. The first-order valence-corrected chi connectivity index (χ1v) is 15.3. The molecule has 2 heterocycles. The third-order valence-corrected chi connectivity index (χ3v) is 9.77. The third kappa shape index (κ3) is 5.72. The number of fused-ring (bicyclic) bond motifs is 1. The van der Waals surface area contributed by atoms with Crippen molar-refractivity contribution < 1.29 is 14.6 Å². The van der Waals surface area contributed by atoms with Crippen LogP contribution in [0, 0.1) is 5.92 Å². The first-order valence-electron chi connectivity index (χ1n) is 13.5. The lowest BCUT2D eigenvalue weighted by Gasteiger charge is -2.41. The molecule has 0 spiro atoms. The standard InChI is InChI=1S/C33H32N2O3S2/c1-21-29(20-39-33-35-28-8-4-5-9-30(28)40-33)37-32(38-31(21)24-12-10-22(19-36)11-13-24)25-16-14-23(15-17-25)27-7-3-2-6-26(27)18-34/h2-17,21,29,31-32,36H,18-20,34H2,1H3. The molecule has 6 rings (SSSR count). The van der Waals surface area contributed by atoms with Crippen molar-refractivity contribution in [3.63, 3.8) is 0 Å². The van der Waals surface area contributed by atoms with E-state index in [-0.39, 0.29) is 24.7 Å². The number of benzene rings is 4. The van der Waals surface area contributed by atoms with Crippen LogP contribution >= 0.6 is 23.1 Å². The predicted octanol–water partition coefficient (Wildman–Crippen LogP) is 7.50. The number of ether oxygens (including phenoxy) is 2. The van der Waals surface area contributed by atoms with Crippen LogP contribution in [0.5, 0.6) is 0 Å². The minimum atomic E-state index is -0.501. The van der Waals surface area contributed by atoms with Crippen molar-refractivity contribution in [3.8, 4) is 11.1 Å². The molecular formula is C33H32N2O3S2. The lowest BCUT2D eigenvalue weighted by molar-refractivity contribution is -0.268. The maximum absolute atomic E-state index is 9.53. The van der Waals surface area contributed by atoms with Crippen molar-refractivity contribution in [2.45, 2.75) is 42.9 Å². The van der Waals surface area contributed by atoms with Gasteiger partial charge in [0.15, 0.2) is 10.6 Å². The number of aliphatic hydroxyl groups is 1. The van der Waals surface area contributed by atoms with E-state index in [4.69, 9.17) is 20.2 Å². The lowest BCUT2D eigenvalue weighted by Crippen LogP contribution is -2.38. The van der Waals surface area contributed by atoms with E-state index in [2.05, 4.69) is 73.7 Å². The number of thiazole rings is 1. The average molecular weight is 569 g/mol. The summed E-state index contributed by atoms with van der Waals surface area (Å²) in [6.07, 6.45) is -0.695. The van der Waals surface area contributed by atoms with Crippen molar-refractivity contribution in [1.82, 2.24) is 4.98 Å². The van der Waals surface area contributed by atoms with Crippen LogP contribution in [0.1, 0.15) is 41.6 Å². The fourth-order valence-electron chi connectivity index (χ4n) is 5.18. The van der Waals surface area contributed by atoms with Crippen molar-refractivity contribution in [2.75, 3.05) is 5.75 Å². The molecule has 5 nitrogen and oxygen atoms in total. The zero-order valence-electron chi connectivity index (χ0n) is 22.3. The van der Waals surface area contributed by atoms with Crippen LogP contribution < -0.4 is 5.73 Å². The number of thioether (sulfide) groups is 1. The van der Waals surface area contributed by atoms with Crippen molar-refractivity contribution in [2.24, 2.45) is 11.7 Å². The largest absolute Gasteiger partial charge is 0.392 e. The van der Waals surface area contributed by atoms with E-state index in [1.54, 1.807) is 23.1 Å². The molecule has 0 aliphatic carbocycles. The summed E-state index contributed by atoms with van der Waals surface area (Å²) in [6.45, 7) is 2.71. The second kappa shape index (κ2) is 12.2. The van der Waals surface area contributed by atoms with E-state index in [0.29, 0.717) is 6.54 Å². The summed E-state index contributed by atoms with van der Waals surface area (Å²) >= 11 is 3.46. The Morgan fingerprint density at radius 3 is 2.35 bits per heavy atom. The monoisotopic (exact) mass is 568 g/mol. The lowest BCUT2D eigenvalue weighted by atomic mass is 9.91. The van der Waals surface area contributed by atoms with Gasteiger partial charge in [-0.2, -0.15) is 0 Å². The molecule has 0 radical (unpaired) electrons. The van der Waals surface area contributed by atoms with Crippen LogP contribution in [-0.4, -0.2) is 21.9 Å². The molecule has 0 bridgehead atoms. The van der Waals surface area contributed by atoms with Gasteiger partial charge >= 0.3 is 0 Å². The van der Waals surface area contributed by atoms with E-state index in [1.807, 2.05) is 30.3 Å². The van der Waals surface area contributed by atoms with Gasteiger partial charge in [0.2, 0.25) is 0 Å². The molecule has 5 aromatic rings.